The van der Waals surface area contributed by atoms with Gasteiger partial charge in [-0.2, -0.15) is 0 Å². The van der Waals surface area contributed by atoms with E-state index in [0.717, 1.165) is 22.6 Å². The zero-order valence-corrected chi connectivity index (χ0v) is 13.3. The highest BCUT2D eigenvalue weighted by molar-refractivity contribution is 7.98. The fourth-order valence-electron chi connectivity index (χ4n) is 1.88. The lowest BCUT2D eigenvalue weighted by atomic mass is 10.1. The van der Waals surface area contributed by atoms with Gasteiger partial charge in [0.2, 0.25) is 0 Å². The van der Waals surface area contributed by atoms with E-state index in [1.165, 1.54) is 4.90 Å². The Labute approximate surface area is 129 Å². The van der Waals surface area contributed by atoms with E-state index in [4.69, 9.17) is 4.74 Å². The monoisotopic (exact) mass is 301 g/mol. The molecule has 0 bridgehead atoms. The fourth-order valence-corrected chi connectivity index (χ4v) is 2.29. The lowest BCUT2D eigenvalue weighted by Gasteiger charge is -2.10. The van der Waals surface area contributed by atoms with Crippen molar-refractivity contribution < 1.29 is 9.53 Å². The van der Waals surface area contributed by atoms with Gasteiger partial charge in [-0.3, -0.25) is 4.79 Å². The highest BCUT2D eigenvalue weighted by atomic mass is 32.2. The third kappa shape index (κ3) is 4.53. The molecule has 4 heteroatoms. The summed E-state index contributed by atoms with van der Waals surface area (Å²) < 4.78 is 5.58. The highest BCUT2D eigenvalue weighted by Gasteiger charge is 2.06. The zero-order chi connectivity index (χ0) is 15.2. The lowest BCUT2D eigenvalue weighted by molar-refractivity contribution is -0.118. The van der Waals surface area contributed by atoms with E-state index >= 15 is 0 Å². The van der Waals surface area contributed by atoms with Crippen molar-refractivity contribution in [3.8, 4) is 5.75 Å². The van der Waals surface area contributed by atoms with Crippen LogP contribution in [0.3, 0.4) is 0 Å². The minimum absolute atomic E-state index is 0.00850. The molecular weight excluding hydrogens is 282 g/mol. The van der Waals surface area contributed by atoms with Gasteiger partial charge >= 0.3 is 0 Å². The molecule has 0 aromatic heterocycles. The van der Waals surface area contributed by atoms with Crippen molar-refractivity contribution in [2.45, 2.75) is 18.7 Å². The first-order chi connectivity index (χ1) is 10.1. The van der Waals surface area contributed by atoms with Crippen molar-refractivity contribution >= 4 is 23.4 Å². The number of carbonyl (C=O) groups is 1. The van der Waals surface area contributed by atoms with E-state index in [1.807, 2.05) is 62.6 Å². The van der Waals surface area contributed by atoms with Crippen LogP contribution in [-0.2, 0) is 4.79 Å². The van der Waals surface area contributed by atoms with Crippen LogP contribution < -0.4 is 10.1 Å². The molecule has 1 amide bonds. The van der Waals surface area contributed by atoms with Gasteiger partial charge < -0.3 is 10.1 Å². The molecule has 1 N–H and O–H groups in total. The summed E-state index contributed by atoms with van der Waals surface area (Å²) in [6.07, 6.45) is 2.02. The van der Waals surface area contributed by atoms with Crippen LogP contribution in [-0.4, -0.2) is 18.8 Å². The predicted molar refractivity (Wildman–Crippen MR) is 88.3 cm³/mol. The molecule has 0 aliphatic carbocycles. The summed E-state index contributed by atoms with van der Waals surface area (Å²) in [5.74, 6) is 0.593. The number of carbonyl (C=O) groups excluding carboxylic acids is 1. The summed E-state index contributed by atoms with van der Waals surface area (Å²) in [5, 5.41) is 2.82. The maximum absolute atomic E-state index is 11.9. The molecular formula is C17H19NO2S. The van der Waals surface area contributed by atoms with Crippen molar-refractivity contribution in [2.24, 2.45) is 0 Å². The molecule has 21 heavy (non-hydrogen) atoms. The molecule has 0 atom stereocenters. The number of hydrogen-bond acceptors (Lipinski definition) is 3. The maximum atomic E-state index is 11.9. The number of nitrogens with one attached hydrogen (secondary N) is 1. The van der Waals surface area contributed by atoms with E-state index in [2.05, 4.69) is 5.32 Å². The van der Waals surface area contributed by atoms with Gasteiger partial charge in [0, 0.05) is 10.6 Å². The fraction of sp³-hybridized carbons (Fsp3) is 0.235. The molecule has 0 spiro atoms. The molecule has 110 valence electrons. The Bertz CT molecular complexity index is 623. The van der Waals surface area contributed by atoms with Gasteiger partial charge in [-0.25, -0.2) is 0 Å². The second-order valence-corrected chi connectivity index (χ2v) is 5.71. The van der Waals surface area contributed by atoms with Crippen LogP contribution in [0.5, 0.6) is 5.75 Å². The predicted octanol–water partition coefficient (Wildman–Crippen LogP) is 4.04. The van der Waals surface area contributed by atoms with E-state index in [0.29, 0.717) is 0 Å². The summed E-state index contributed by atoms with van der Waals surface area (Å²) in [4.78, 5) is 13.1. The number of thioether (sulfide) groups is 1. The summed E-state index contributed by atoms with van der Waals surface area (Å²) in [6.45, 7) is 3.97. The van der Waals surface area contributed by atoms with Gasteiger partial charge in [-0.05, 0) is 61.6 Å². The van der Waals surface area contributed by atoms with Gasteiger partial charge in [0.1, 0.15) is 5.75 Å². The maximum Gasteiger partial charge on any atom is 0.262 e. The summed E-state index contributed by atoms with van der Waals surface area (Å²) in [6, 6.07) is 13.7. The minimum atomic E-state index is -0.159. The third-order valence-corrected chi connectivity index (χ3v) is 3.82. The molecule has 0 aliphatic heterocycles. The quantitative estimate of drug-likeness (QED) is 0.847. The molecule has 2 rings (SSSR count). The van der Waals surface area contributed by atoms with Gasteiger partial charge in [-0.15, -0.1) is 11.8 Å². The topological polar surface area (TPSA) is 38.3 Å². The van der Waals surface area contributed by atoms with Crippen LogP contribution in [0, 0.1) is 13.8 Å². The average Bonchev–Trinajstić information content (AvgIpc) is 2.49. The Morgan fingerprint density at radius 1 is 1.14 bits per heavy atom. The second-order valence-electron chi connectivity index (χ2n) is 4.83. The Morgan fingerprint density at radius 2 is 1.86 bits per heavy atom. The van der Waals surface area contributed by atoms with Crippen LogP contribution in [0.2, 0.25) is 0 Å². The molecule has 0 radical (unpaired) electrons. The molecule has 0 saturated heterocycles. The number of ether oxygens (including phenoxy) is 1. The van der Waals surface area contributed by atoms with Crippen molar-refractivity contribution in [1.29, 1.82) is 0 Å². The Hall–Kier alpha value is -1.94. The van der Waals surface area contributed by atoms with Gasteiger partial charge in [0.25, 0.3) is 5.91 Å². The third-order valence-electron chi connectivity index (χ3n) is 3.08. The van der Waals surface area contributed by atoms with Gasteiger partial charge in [0.15, 0.2) is 6.61 Å². The number of benzene rings is 2. The van der Waals surface area contributed by atoms with Crippen molar-refractivity contribution in [2.75, 3.05) is 18.2 Å². The van der Waals surface area contributed by atoms with Crippen LogP contribution in [0.15, 0.2) is 47.4 Å². The van der Waals surface area contributed by atoms with Crippen LogP contribution in [0.25, 0.3) is 0 Å². The van der Waals surface area contributed by atoms with Crippen LogP contribution in [0.4, 0.5) is 5.69 Å². The van der Waals surface area contributed by atoms with Crippen LogP contribution >= 0.6 is 11.8 Å². The van der Waals surface area contributed by atoms with Gasteiger partial charge in [0.05, 0.1) is 0 Å². The number of amides is 1. The number of aryl methyl sites for hydroxylation is 2. The van der Waals surface area contributed by atoms with Crippen molar-refractivity contribution in [1.82, 2.24) is 0 Å². The molecule has 3 nitrogen and oxygen atoms in total. The molecule has 0 fully saturated rings. The summed E-state index contributed by atoms with van der Waals surface area (Å²) in [5.41, 5.74) is 2.92. The first kappa shape index (κ1) is 15.4. The zero-order valence-electron chi connectivity index (χ0n) is 12.5. The largest absolute Gasteiger partial charge is 0.483 e. The van der Waals surface area contributed by atoms with Crippen molar-refractivity contribution in [3.63, 3.8) is 0 Å². The molecule has 0 heterocycles. The molecule has 0 aliphatic rings. The number of rotatable bonds is 5. The Balaban J connectivity index is 1.91. The number of anilines is 1. The summed E-state index contributed by atoms with van der Waals surface area (Å²) >= 11 is 1.67. The highest BCUT2D eigenvalue weighted by Crippen LogP contribution is 2.20. The molecule has 0 saturated carbocycles. The number of hydrogen-bond donors (Lipinski definition) is 1. The normalized spacial score (nSPS) is 10.2. The second kappa shape index (κ2) is 7.18. The van der Waals surface area contributed by atoms with E-state index in [9.17, 15) is 4.79 Å². The molecule has 2 aromatic rings. The van der Waals surface area contributed by atoms with E-state index in [1.54, 1.807) is 11.8 Å². The van der Waals surface area contributed by atoms with E-state index < -0.39 is 0 Å². The van der Waals surface area contributed by atoms with Crippen molar-refractivity contribution in [3.05, 3.63) is 53.6 Å². The smallest absolute Gasteiger partial charge is 0.262 e. The van der Waals surface area contributed by atoms with Gasteiger partial charge in [-0.1, -0.05) is 12.1 Å². The summed E-state index contributed by atoms with van der Waals surface area (Å²) in [7, 11) is 0. The van der Waals surface area contributed by atoms with E-state index in [-0.39, 0.29) is 12.5 Å². The first-order valence-corrected chi connectivity index (χ1v) is 7.95. The average molecular weight is 301 g/mol. The minimum Gasteiger partial charge on any atom is -0.483 e. The lowest BCUT2D eigenvalue weighted by Crippen LogP contribution is -2.20. The Kier molecular flexibility index (Phi) is 5.28. The standard InChI is InChI=1S/C17H19NO2S/c1-12-4-5-13(2)16(10-12)20-11-17(19)18-14-6-8-15(21-3)9-7-14/h4-10H,11H2,1-3H3,(H,18,19). The first-order valence-electron chi connectivity index (χ1n) is 6.72. The SMILES string of the molecule is CSc1ccc(NC(=O)COc2cc(C)ccc2C)cc1. The van der Waals surface area contributed by atoms with Crippen LogP contribution in [0.1, 0.15) is 11.1 Å². The molecule has 2 aromatic carbocycles. The Morgan fingerprint density at radius 3 is 2.52 bits per heavy atom. The molecule has 0 unspecified atom stereocenters.